The molecule has 1 fully saturated rings. The zero-order valence-corrected chi connectivity index (χ0v) is 15.9. The van der Waals surface area contributed by atoms with Crippen LogP contribution in [0, 0.1) is 5.92 Å². The first-order valence-corrected chi connectivity index (χ1v) is 10.3. The Morgan fingerprint density at radius 3 is 2.58 bits per heavy atom. The lowest BCUT2D eigenvalue weighted by atomic mass is 9.91. The van der Waals surface area contributed by atoms with Gasteiger partial charge in [0.15, 0.2) is 0 Å². The molecule has 144 valence electrons. The molecule has 0 aliphatic carbocycles. The molecule has 2 atom stereocenters. The molecule has 0 aromatic heterocycles. The summed E-state index contributed by atoms with van der Waals surface area (Å²) >= 11 is 5.86. The number of nitrogens with two attached hydrogens (primary N) is 1. The maximum atomic E-state index is 12.2. The molecule has 0 spiro atoms. The standard InChI is InChI=1S/C16H22ClN3O5S/c1-26(23,24)19-9-16(22)20-7-6-14(11(10-20)8-15(18)21)25-13-4-2-12(17)3-5-13/h2-5,11,14,19H,6-10H2,1H3,(H2,18,21)/t11-,14-/m0/s1. The van der Waals surface area contributed by atoms with E-state index in [2.05, 4.69) is 4.72 Å². The highest BCUT2D eigenvalue weighted by atomic mass is 35.5. The normalized spacial score (nSPS) is 20.6. The molecule has 2 rings (SSSR count). The Balaban J connectivity index is 2.02. The second-order valence-corrected chi connectivity index (χ2v) is 8.53. The number of hydrogen-bond donors (Lipinski definition) is 2. The van der Waals surface area contributed by atoms with Crippen molar-refractivity contribution >= 4 is 33.4 Å². The topological polar surface area (TPSA) is 119 Å². The third kappa shape index (κ3) is 6.47. The first-order chi connectivity index (χ1) is 12.1. The van der Waals surface area contributed by atoms with E-state index in [1.54, 1.807) is 24.3 Å². The van der Waals surface area contributed by atoms with E-state index in [1.807, 2.05) is 0 Å². The molecule has 1 saturated heterocycles. The molecule has 0 radical (unpaired) electrons. The average molecular weight is 404 g/mol. The average Bonchev–Trinajstić information content (AvgIpc) is 2.55. The van der Waals surface area contributed by atoms with Gasteiger partial charge in [0, 0.05) is 36.9 Å². The van der Waals surface area contributed by atoms with Crippen LogP contribution < -0.4 is 15.2 Å². The molecule has 0 bridgehead atoms. The van der Waals surface area contributed by atoms with E-state index >= 15 is 0 Å². The van der Waals surface area contributed by atoms with E-state index in [0.717, 1.165) is 6.26 Å². The second-order valence-electron chi connectivity index (χ2n) is 6.26. The van der Waals surface area contributed by atoms with Crippen molar-refractivity contribution < 1.29 is 22.7 Å². The number of nitrogens with one attached hydrogen (secondary N) is 1. The van der Waals surface area contributed by atoms with Crippen LogP contribution in [0.4, 0.5) is 0 Å². The van der Waals surface area contributed by atoms with Crippen LogP contribution in [0.3, 0.4) is 0 Å². The fourth-order valence-electron chi connectivity index (χ4n) is 2.84. The van der Waals surface area contributed by atoms with Gasteiger partial charge in [-0.2, -0.15) is 0 Å². The molecule has 0 unspecified atom stereocenters. The number of carbonyl (C=O) groups is 2. The molecule has 1 aliphatic rings. The van der Waals surface area contributed by atoms with Crippen molar-refractivity contribution in [3.05, 3.63) is 29.3 Å². The van der Waals surface area contributed by atoms with Gasteiger partial charge >= 0.3 is 0 Å². The summed E-state index contributed by atoms with van der Waals surface area (Å²) in [5.41, 5.74) is 5.33. The van der Waals surface area contributed by atoms with E-state index in [-0.39, 0.29) is 37.4 Å². The molecule has 0 saturated carbocycles. The van der Waals surface area contributed by atoms with E-state index < -0.39 is 15.9 Å². The lowest BCUT2D eigenvalue weighted by Crippen LogP contribution is -2.51. The van der Waals surface area contributed by atoms with Crippen LogP contribution in [0.2, 0.25) is 5.02 Å². The zero-order chi connectivity index (χ0) is 19.3. The SMILES string of the molecule is CS(=O)(=O)NCC(=O)N1CC[C@H](Oc2ccc(Cl)cc2)[C@@H](CC(N)=O)C1. The number of halogens is 1. The van der Waals surface area contributed by atoms with Crippen LogP contribution in [0.15, 0.2) is 24.3 Å². The molecule has 26 heavy (non-hydrogen) atoms. The number of primary amides is 1. The summed E-state index contributed by atoms with van der Waals surface area (Å²) in [6.45, 7) is 0.355. The lowest BCUT2D eigenvalue weighted by molar-refractivity contribution is -0.134. The number of amides is 2. The number of nitrogens with zero attached hydrogens (tertiary/aromatic N) is 1. The van der Waals surface area contributed by atoms with Crippen LogP contribution in [-0.2, 0) is 19.6 Å². The minimum absolute atomic E-state index is 0.0710. The van der Waals surface area contributed by atoms with Crippen LogP contribution in [0.25, 0.3) is 0 Å². The van der Waals surface area contributed by atoms with Gasteiger partial charge in [-0.05, 0) is 24.3 Å². The molecular formula is C16H22ClN3O5S. The van der Waals surface area contributed by atoms with Gasteiger partial charge in [-0.15, -0.1) is 0 Å². The third-order valence-corrected chi connectivity index (χ3v) is 4.99. The Kier molecular flexibility index (Phi) is 6.85. The Labute approximate surface area is 157 Å². The highest BCUT2D eigenvalue weighted by Gasteiger charge is 2.34. The van der Waals surface area contributed by atoms with E-state index in [1.165, 1.54) is 4.90 Å². The molecule has 1 aromatic rings. The highest BCUT2D eigenvalue weighted by molar-refractivity contribution is 7.88. The molecule has 3 N–H and O–H groups in total. The van der Waals surface area contributed by atoms with Gasteiger partial charge in [0.05, 0.1) is 12.8 Å². The van der Waals surface area contributed by atoms with Gasteiger partial charge in [-0.25, -0.2) is 13.1 Å². The Morgan fingerprint density at radius 1 is 1.35 bits per heavy atom. The van der Waals surface area contributed by atoms with E-state index in [0.29, 0.717) is 23.7 Å². The summed E-state index contributed by atoms with van der Waals surface area (Å²) in [5, 5.41) is 0.588. The van der Waals surface area contributed by atoms with Crippen molar-refractivity contribution in [3.8, 4) is 5.75 Å². The summed E-state index contributed by atoms with van der Waals surface area (Å²) < 4.78 is 30.4. The first kappa shape index (κ1) is 20.5. The van der Waals surface area contributed by atoms with Crippen LogP contribution in [-0.4, -0.2) is 57.1 Å². The van der Waals surface area contributed by atoms with Gasteiger partial charge in [0.2, 0.25) is 21.8 Å². The van der Waals surface area contributed by atoms with Crippen molar-refractivity contribution in [2.75, 3.05) is 25.9 Å². The summed E-state index contributed by atoms with van der Waals surface area (Å²) in [7, 11) is -3.45. The number of benzene rings is 1. The van der Waals surface area contributed by atoms with E-state index in [9.17, 15) is 18.0 Å². The number of ether oxygens (including phenoxy) is 1. The number of piperidine rings is 1. The maximum absolute atomic E-state index is 12.2. The van der Waals surface area contributed by atoms with Gasteiger partial charge in [-0.3, -0.25) is 9.59 Å². The monoisotopic (exact) mass is 403 g/mol. The molecule has 1 heterocycles. The van der Waals surface area contributed by atoms with Crippen LogP contribution in [0.1, 0.15) is 12.8 Å². The summed E-state index contributed by atoms with van der Waals surface area (Å²) in [6, 6.07) is 6.87. The molecule has 1 aliphatic heterocycles. The van der Waals surface area contributed by atoms with Crippen molar-refractivity contribution in [2.24, 2.45) is 11.7 Å². The number of hydrogen-bond acceptors (Lipinski definition) is 5. The third-order valence-electron chi connectivity index (χ3n) is 4.07. The molecular weight excluding hydrogens is 382 g/mol. The largest absolute Gasteiger partial charge is 0.490 e. The minimum atomic E-state index is -3.45. The number of carbonyl (C=O) groups excluding carboxylic acids is 2. The van der Waals surface area contributed by atoms with Crippen molar-refractivity contribution in [3.63, 3.8) is 0 Å². The summed E-state index contributed by atoms with van der Waals surface area (Å²) in [6.07, 6.45) is 1.28. The Morgan fingerprint density at radius 2 is 2.00 bits per heavy atom. The van der Waals surface area contributed by atoms with Crippen LogP contribution >= 0.6 is 11.6 Å². The maximum Gasteiger partial charge on any atom is 0.237 e. The predicted molar refractivity (Wildman–Crippen MR) is 97.2 cm³/mol. The summed E-state index contributed by atoms with van der Waals surface area (Å²) in [4.78, 5) is 25.1. The van der Waals surface area contributed by atoms with Gasteiger partial charge < -0.3 is 15.4 Å². The van der Waals surface area contributed by atoms with E-state index in [4.69, 9.17) is 22.1 Å². The summed E-state index contributed by atoms with van der Waals surface area (Å²) in [5.74, 6) is -0.496. The number of rotatable bonds is 7. The smallest absolute Gasteiger partial charge is 0.237 e. The number of sulfonamides is 1. The fourth-order valence-corrected chi connectivity index (χ4v) is 3.35. The molecule has 10 heteroatoms. The zero-order valence-electron chi connectivity index (χ0n) is 14.4. The van der Waals surface area contributed by atoms with Crippen molar-refractivity contribution in [1.29, 1.82) is 0 Å². The Bertz CT molecular complexity index is 754. The first-order valence-electron chi connectivity index (χ1n) is 8.07. The Hall–Kier alpha value is -1.84. The second kappa shape index (κ2) is 8.70. The van der Waals surface area contributed by atoms with Gasteiger partial charge in [0.1, 0.15) is 11.9 Å². The fraction of sp³-hybridized carbons (Fsp3) is 0.500. The van der Waals surface area contributed by atoms with Crippen LogP contribution in [0.5, 0.6) is 5.75 Å². The predicted octanol–water partition coefficient (Wildman–Crippen LogP) is 0.360. The molecule has 1 aromatic carbocycles. The van der Waals surface area contributed by atoms with Gasteiger partial charge in [0.25, 0.3) is 0 Å². The minimum Gasteiger partial charge on any atom is -0.490 e. The van der Waals surface area contributed by atoms with Crippen molar-refractivity contribution in [2.45, 2.75) is 18.9 Å². The number of likely N-dealkylation sites (tertiary alicyclic amines) is 1. The van der Waals surface area contributed by atoms with Crippen molar-refractivity contribution in [1.82, 2.24) is 9.62 Å². The quantitative estimate of drug-likeness (QED) is 0.681. The van der Waals surface area contributed by atoms with Gasteiger partial charge in [-0.1, -0.05) is 11.6 Å². The lowest BCUT2D eigenvalue weighted by Gasteiger charge is -2.38. The highest BCUT2D eigenvalue weighted by Crippen LogP contribution is 2.26. The molecule has 2 amide bonds. The molecule has 8 nitrogen and oxygen atoms in total.